The molecule has 0 N–H and O–H groups in total. The fourth-order valence-corrected chi connectivity index (χ4v) is 0. The molecule has 0 aromatic rings. The van der Waals surface area contributed by atoms with E-state index in [2.05, 4.69) is 1.74 Å². The first-order valence-electron chi connectivity index (χ1n) is 0.338. The quantitative estimate of drug-likeness (QED) is 0.404. The van der Waals surface area contributed by atoms with E-state index in [1.54, 1.807) is 0 Å². The van der Waals surface area contributed by atoms with Crippen molar-refractivity contribution in [3.05, 3.63) is 1.74 Å². The van der Waals surface area contributed by atoms with Crippen molar-refractivity contribution in [2.24, 2.45) is 0 Å². The van der Waals surface area contributed by atoms with Gasteiger partial charge in [0.2, 0.25) is 0 Å². The second kappa shape index (κ2) is 9.05. The molecule has 0 radical (unpaired) electrons. The fourth-order valence-electron chi connectivity index (χ4n) is 0. The van der Waals surface area contributed by atoms with Crippen molar-refractivity contribution in [3.8, 4) is 0 Å². The van der Waals surface area contributed by atoms with Crippen LogP contribution in [0, 0.1) is 0 Å². The molecule has 4 heavy (non-hydrogen) atoms. The number of hydrogen-bond donors (Lipinski definition) is 0. The molecule has 0 rings (SSSR count). The van der Waals surface area contributed by atoms with Crippen LogP contribution in [0.4, 0.5) is 0 Å². The summed E-state index contributed by atoms with van der Waals surface area (Å²) in [4.78, 5) is 0. The summed E-state index contributed by atoms with van der Waals surface area (Å²) in [5, 5.41) is 0. The minimum absolute atomic E-state index is 0. The Morgan fingerprint density at radius 2 is 1.25 bits per heavy atom. The molecule has 0 saturated carbocycles. The zero-order valence-electron chi connectivity index (χ0n) is 2.20. The van der Waals surface area contributed by atoms with E-state index in [9.17, 15) is 0 Å². The molecule has 1 nitrogen and oxygen atoms in total. The summed E-state index contributed by atoms with van der Waals surface area (Å²) < 4.78 is 3.44. The topological polar surface area (TPSA) is 14.1 Å². The van der Waals surface area contributed by atoms with E-state index in [1.165, 1.54) is 0 Å². The first kappa shape index (κ1) is 9.65. The van der Waals surface area contributed by atoms with Crippen LogP contribution in [0.5, 0.6) is 0 Å². The molecule has 0 unspecified atom stereocenters. The Hall–Kier alpha value is 2.42. The minimum Gasteiger partial charge on any atom is -0.540 e. The van der Waals surface area contributed by atoms with Crippen molar-refractivity contribution in [2.45, 2.75) is 0 Å². The first-order valence-corrected chi connectivity index (χ1v) is 2.27. The van der Waals surface area contributed by atoms with Gasteiger partial charge in [-0.15, -0.1) is 0 Å². The van der Waals surface area contributed by atoms with E-state index >= 15 is 0 Å². The van der Waals surface area contributed by atoms with Gasteiger partial charge in [-0.25, -0.2) is 45.7 Å². The smallest absolute Gasteiger partial charge is 0.540 e. The van der Waals surface area contributed by atoms with Crippen LogP contribution in [0.15, 0.2) is 0 Å². The van der Waals surface area contributed by atoms with Gasteiger partial charge in [0, 0.05) is 0 Å². The number of hydrogen-bond acceptors (Lipinski definition) is 0. The number of halogens is 2. The molecular weight excluding hydrogens is 291 g/mol. The van der Waals surface area contributed by atoms with Crippen LogP contribution >= 0.6 is 45.7 Å². The summed E-state index contributed by atoms with van der Waals surface area (Å²) in [5.74, 6) is 0. The van der Waals surface area contributed by atoms with Crippen LogP contribution < -0.4 is 29.6 Å². The maximum absolute atomic E-state index is 3.44. The van der Waals surface area contributed by atoms with Crippen LogP contribution in [0.1, 0.15) is 0 Å². The van der Waals surface area contributed by atoms with Crippen LogP contribution in [-0.4, -0.2) is 0 Å². The normalized spacial score (nSPS) is 4.50. The average molecular weight is 291 g/mol. The Bertz CT molecular complexity index is 6.00. The predicted octanol–water partition coefficient (Wildman–Crippen LogP) is -0.936. The van der Waals surface area contributed by atoms with Crippen molar-refractivity contribution >= 4 is 45.7 Å². The average Bonchev–Trinajstić information content (AvgIpc) is 0.918. The Morgan fingerprint density at radius 3 is 1.25 bits per heavy atom. The summed E-state index contributed by atoms with van der Waals surface area (Å²) >= 11 is 3.80. The third-order valence-electron chi connectivity index (χ3n) is 0. The van der Waals surface area contributed by atoms with E-state index in [1.807, 2.05) is 45.7 Å². The molecular formula is I2NNa. The molecule has 0 heterocycles. The summed E-state index contributed by atoms with van der Waals surface area (Å²) in [5.41, 5.74) is 0. The van der Waals surface area contributed by atoms with Gasteiger partial charge in [0.05, 0.1) is 0 Å². The van der Waals surface area contributed by atoms with Gasteiger partial charge in [0.1, 0.15) is 0 Å². The Kier molecular flexibility index (Phi) is 21.8. The van der Waals surface area contributed by atoms with Gasteiger partial charge in [-0.3, -0.25) is 0 Å². The van der Waals surface area contributed by atoms with E-state index in [0.29, 0.717) is 0 Å². The maximum Gasteiger partial charge on any atom is 1.00 e. The molecule has 0 aromatic carbocycles. The maximum atomic E-state index is 3.44. The van der Waals surface area contributed by atoms with Crippen molar-refractivity contribution in [2.75, 3.05) is 0 Å². The second-order valence-corrected chi connectivity index (χ2v) is 2.87. The van der Waals surface area contributed by atoms with Gasteiger partial charge in [0.15, 0.2) is 0 Å². The van der Waals surface area contributed by atoms with Gasteiger partial charge in [-0.2, -0.15) is 0 Å². The molecule has 0 aromatic heterocycles. The summed E-state index contributed by atoms with van der Waals surface area (Å²) in [6.07, 6.45) is 0. The van der Waals surface area contributed by atoms with E-state index in [0.717, 1.165) is 0 Å². The molecule has 20 valence electrons. The zero-order valence-corrected chi connectivity index (χ0v) is 8.52. The van der Waals surface area contributed by atoms with E-state index in [-0.39, 0.29) is 29.6 Å². The van der Waals surface area contributed by atoms with Gasteiger partial charge in [-0.05, 0) is 0 Å². The molecule has 0 fully saturated rings. The van der Waals surface area contributed by atoms with Gasteiger partial charge in [-0.1, -0.05) is 0 Å². The molecule has 0 spiro atoms. The third kappa shape index (κ3) is 8.83. The Morgan fingerprint density at radius 1 is 1.25 bits per heavy atom. The van der Waals surface area contributed by atoms with E-state index in [4.69, 9.17) is 0 Å². The standard InChI is InChI=1S/I2N.Na/c1-3-2;/q-1;+1. The van der Waals surface area contributed by atoms with Crippen molar-refractivity contribution in [1.82, 2.24) is 0 Å². The predicted molar refractivity (Wildman–Crippen MR) is 31.4 cm³/mol. The Balaban J connectivity index is 0. The van der Waals surface area contributed by atoms with Crippen LogP contribution in [0.3, 0.4) is 0 Å². The van der Waals surface area contributed by atoms with Crippen molar-refractivity contribution in [3.63, 3.8) is 0 Å². The zero-order chi connectivity index (χ0) is 2.71. The fraction of sp³-hybridized carbons (Fsp3) is 0. The Labute approximate surface area is 75.6 Å². The molecule has 0 saturated heterocycles. The third-order valence-corrected chi connectivity index (χ3v) is 0. The van der Waals surface area contributed by atoms with Crippen LogP contribution in [0.25, 0.3) is 1.74 Å². The summed E-state index contributed by atoms with van der Waals surface area (Å²) in [6.45, 7) is 0. The molecule has 0 amide bonds. The minimum atomic E-state index is 0. The number of rotatable bonds is 0. The molecule has 0 bridgehead atoms. The van der Waals surface area contributed by atoms with Crippen molar-refractivity contribution < 1.29 is 29.6 Å². The van der Waals surface area contributed by atoms with Gasteiger partial charge in [0.25, 0.3) is 0 Å². The number of nitrogens with zero attached hydrogens (tertiary/aromatic N) is 1. The summed E-state index contributed by atoms with van der Waals surface area (Å²) in [7, 11) is 0. The van der Waals surface area contributed by atoms with Gasteiger partial charge < -0.3 is 1.74 Å². The van der Waals surface area contributed by atoms with Crippen LogP contribution in [0.2, 0.25) is 0 Å². The monoisotopic (exact) mass is 291 g/mol. The largest absolute Gasteiger partial charge is 1.00 e. The SMILES string of the molecule is I[N-]I.[Na+]. The summed E-state index contributed by atoms with van der Waals surface area (Å²) in [6, 6.07) is 0. The molecule has 0 aliphatic heterocycles. The van der Waals surface area contributed by atoms with Gasteiger partial charge >= 0.3 is 29.6 Å². The molecule has 0 aliphatic rings. The first-order chi connectivity index (χ1) is 1.41. The molecule has 4 heteroatoms. The van der Waals surface area contributed by atoms with E-state index < -0.39 is 0 Å². The second-order valence-electron chi connectivity index (χ2n) is 0.0639. The van der Waals surface area contributed by atoms with Crippen molar-refractivity contribution in [1.29, 1.82) is 0 Å². The molecule has 0 aliphatic carbocycles. The van der Waals surface area contributed by atoms with Crippen LogP contribution in [-0.2, 0) is 0 Å². The molecule has 0 atom stereocenters.